The second kappa shape index (κ2) is 11.4. The number of hydrogen-bond donors (Lipinski definition) is 1. The third kappa shape index (κ3) is 6.37. The van der Waals surface area contributed by atoms with Crippen LogP contribution in [-0.2, 0) is 26.2 Å². The highest BCUT2D eigenvalue weighted by molar-refractivity contribution is 7.89. The Morgan fingerprint density at radius 3 is 2.38 bits per heavy atom. The zero-order valence-corrected chi connectivity index (χ0v) is 22.5. The molecule has 8 heteroatoms. The number of sulfonamides is 1. The molecule has 1 aliphatic rings. The fourth-order valence-corrected chi connectivity index (χ4v) is 6.01. The SMILES string of the molecule is Cc1cccc(CN(C(=O)CN(C)S(=O)(=O)c2ccc3ccccc3c2)[C@H](C)C(=O)NC2CCCC2)c1. The van der Waals surface area contributed by atoms with Crippen LogP contribution in [0.2, 0.25) is 0 Å². The van der Waals surface area contributed by atoms with Crippen molar-refractivity contribution < 1.29 is 18.0 Å². The van der Waals surface area contributed by atoms with Crippen LogP contribution in [0.1, 0.15) is 43.7 Å². The van der Waals surface area contributed by atoms with Gasteiger partial charge in [0.25, 0.3) is 0 Å². The molecule has 0 radical (unpaired) electrons. The number of benzene rings is 3. The molecular weight excluding hydrogens is 486 g/mol. The molecule has 196 valence electrons. The molecule has 2 amide bonds. The van der Waals surface area contributed by atoms with Crippen molar-refractivity contribution in [2.45, 2.75) is 63.1 Å². The van der Waals surface area contributed by atoms with E-state index in [-0.39, 0.29) is 29.9 Å². The maximum absolute atomic E-state index is 13.6. The number of hydrogen-bond acceptors (Lipinski definition) is 4. The molecule has 0 aromatic heterocycles. The predicted octanol–water partition coefficient (Wildman–Crippen LogP) is 4.24. The maximum atomic E-state index is 13.6. The van der Waals surface area contributed by atoms with Gasteiger partial charge in [0.1, 0.15) is 6.04 Å². The predicted molar refractivity (Wildman–Crippen MR) is 145 cm³/mol. The number of amides is 2. The van der Waals surface area contributed by atoms with Gasteiger partial charge in [0.15, 0.2) is 0 Å². The molecule has 0 heterocycles. The Morgan fingerprint density at radius 2 is 1.68 bits per heavy atom. The summed E-state index contributed by atoms with van der Waals surface area (Å²) in [6.07, 6.45) is 4.05. The number of nitrogens with zero attached hydrogens (tertiary/aromatic N) is 2. The van der Waals surface area contributed by atoms with Crippen molar-refractivity contribution in [1.29, 1.82) is 0 Å². The van der Waals surface area contributed by atoms with E-state index in [4.69, 9.17) is 0 Å². The zero-order chi connectivity index (χ0) is 26.6. The lowest BCUT2D eigenvalue weighted by molar-refractivity contribution is -0.140. The molecule has 0 aliphatic heterocycles. The molecule has 0 bridgehead atoms. The first kappa shape index (κ1) is 26.8. The summed E-state index contributed by atoms with van der Waals surface area (Å²) in [4.78, 5) is 28.3. The third-order valence-corrected chi connectivity index (χ3v) is 8.89. The van der Waals surface area contributed by atoms with Gasteiger partial charge in [-0.3, -0.25) is 9.59 Å². The Kier molecular flexibility index (Phi) is 8.29. The van der Waals surface area contributed by atoms with Crippen molar-refractivity contribution in [1.82, 2.24) is 14.5 Å². The molecule has 1 aliphatic carbocycles. The van der Waals surface area contributed by atoms with Crippen LogP contribution in [0.25, 0.3) is 10.8 Å². The highest BCUT2D eigenvalue weighted by Gasteiger charge is 2.31. The lowest BCUT2D eigenvalue weighted by atomic mass is 10.1. The first-order valence-corrected chi connectivity index (χ1v) is 14.2. The van der Waals surface area contributed by atoms with E-state index in [9.17, 15) is 18.0 Å². The highest BCUT2D eigenvalue weighted by atomic mass is 32.2. The van der Waals surface area contributed by atoms with Crippen LogP contribution >= 0.6 is 0 Å². The summed E-state index contributed by atoms with van der Waals surface area (Å²) >= 11 is 0. The van der Waals surface area contributed by atoms with Crippen LogP contribution < -0.4 is 5.32 Å². The van der Waals surface area contributed by atoms with E-state index in [1.165, 1.54) is 11.9 Å². The molecule has 1 atom stereocenters. The third-order valence-electron chi connectivity index (χ3n) is 7.09. The maximum Gasteiger partial charge on any atom is 0.243 e. The topological polar surface area (TPSA) is 86.8 Å². The minimum atomic E-state index is -3.92. The summed E-state index contributed by atoms with van der Waals surface area (Å²) in [6.45, 7) is 3.51. The molecule has 0 spiro atoms. The number of aryl methyl sites for hydroxylation is 1. The standard InChI is InChI=1S/C29H35N3O4S/c1-21-9-8-10-23(17-21)19-32(22(2)29(34)30-26-13-6-7-14-26)28(33)20-31(3)37(35,36)27-16-15-24-11-4-5-12-25(24)18-27/h4-5,8-12,15-18,22,26H,6-7,13-14,19-20H2,1-3H3,(H,30,34)/t22-/m1/s1. The van der Waals surface area contributed by atoms with Gasteiger partial charge in [-0.15, -0.1) is 0 Å². The number of fused-ring (bicyclic) bond motifs is 1. The van der Waals surface area contributed by atoms with Gasteiger partial charge < -0.3 is 10.2 Å². The summed E-state index contributed by atoms with van der Waals surface area (Å²) in [5.74, 6) is -0.643. The molecule has 3 aromatic rings. The van der Waals surface area contributed by atoms with Gasteiger partial charge in [0.05, 0.1) is 11.4 Å². The lowest BCUT2D eigenvalue weighted by Crippen LogP contribution is -2.52. The quantitative estimate of drug-likeness (QED) is 0.456. The van der Waals surface area contributed by atoms with Crippen molar-refractivity contribution in [3.63, 3.8) is 0 Å². The molecule has 4 rings (SSSR count). The fraction of sp³-hybridized carbons (Fsp3) is 0.379. The van der Waals surface area contributed by atoms with E-state index < -0.39 is 22.0 Å². The van der Waals surface area contributed by atoms with Crippen molar-refractivity contribution in [2.24, 2.45) is 0 Å². The largest absolute Gasteiger partial charge is 0.352 e. The van der Waals surface area contributed by atoms with Crippen molar-refractivity contribution in [2.75, 3.05) is 13.6 Å². The molecule has 37 heavy (non-hydrogen) atoms. The van der Waals surface area contributed by atoms with Crippen LogP contribution in [0.4, 0.5) is 0 Å². The summed E-state index contributed by atoms with van der Waals surface area (Å²) in [5, 5.41) is 4.82. The van der Waals surface area contributed by atoms with Crippen LogP contribution in [0.5, 0.6) is 0 Å². The van der Waals surface area contributed by atoms with E-state index in [0.29, 0.717) is 0 Å². The Hall–Kier alpha value is -3.23. The van der Waals surface area contributed by atoms with Crippen LogP contribution in [0.15, 0.2) is 71.6 Å². The first-order chi connectivity index (χ1) is 17.6. The van der Waals surface area contributed by atoms with Gasteiger partial charge in [0, 0.05) is 19.6 Å². The second-order valence-corrected chi connectivity index (χ2v) is 12.0. The Morgan fingerprint density at radius 1 is 0.973 bits per heavy atom. The summed E-state index contributed by atoms with van der Waals surface area (Å²) in [7, 11) is -2.52. The minimum absolute atomic E-state index is 0.124. The smallest absolute Gasteiger partial charge is 0.243 e. The zero-order valence-electron chi connectivity index (χ0n) is 21.7. The Balaban J connectivity index is 1.54. The number of carbonyl (C=O) groups excluding carboxylic acids is 2. The Labute approximate surface area is 219 Å². The monoisotopic (exact) mass is 521 g/mol. The normalized spacial score (nSPS) is 15.1. The van der Waals surface area contributed by atoms with Crippen LogP contribution in [-0.4, -0.2) is 55.1 Å². The van der Waals surface area contributed by atoms with Gasteiger partial charge >= 0.3 is 0 Å². The van der Waals surface area contributed by atoms with Crippen LogP contribution in [0.3, 0.4) is 0 Å². The fourth-order valence-electron chi connectivity index (χ4n) is 4.86. The van der Waals surface area contributed by atoms with Gasteiger partial charge in [-0.1, -0.05) is 73.0 Å². The van der Waals surface area contributed by atoms with Gasteiger partial charge in [-0.25, -0.2) is 8.42 Å². The molecule has 1 N–H and O–H groups in total. The molecule has 0 saturated heterocycles. The summed E-state index contributed by atoms with van der Waals surface area (Å²) < 4.78 is 27.8. The number of likely N-dealkylation sites (N-methyl/N-ethyl adjacent to an activating group) is 1. The van der Waals surface area contributed by atoms with Crippen molar-refractivity contribution in [3.05, 3.63) is 77.9 Å². The number of rotatable bonds is 9. The molecular formula is C29H35N3O4S. The highest BCUT2D eigenvalue weighted by Crippen LogP contribution is 2.22. The summed E-state index contributed by atoms with van der Waals surface area (Å²) in [5.41, 5.74) is 1.93. The number of carbonyl (C=O) groups is 2. The van der Waals surface area contributed by atoms with Gasteiger partial charge in [-0.05, 0) is 55.2 Å². The summed E-state index contributed by atoms with van der Waals surface area (Å²) in [6, 6.07) is 19.6. The van der Waals surface area contributed by atoms with Crippen molar-refractivity contribution >= 4 is 32.6 Å². The second-order valence-electron chi connectivity index (χ2n) is 9.95. The number of nitrogens with one attached hydrogen (secondary N) is 1. The van der Waals surface area contributed by atoms with Gasteiger partial charge in [0.2, 0.25) is 21.8 Å². The minimum Gasteiger partial charge on any atom is -0.352 e. The van der Waals surface area contributed by atoms with E-state index in [1.807, 2.05) is 55.5 Å². The molecule has 1 fully saturated rings. The van der Waals surface area contributed by atoms with Crippen molar-refractivity contribution in [3.8, 4) is 0 Å². The molecule has 1 saturated carbocycles. The Bertz CT molecular complexity index is 1380. The molecule has 0 unspecified atom stereocenters. The average Bonchev–Trinajstić information content (AvgIpc) is 3.39. The van der Waals surface area contributed by atoms with E-state index in [1.54, 1.807) is 25.1 Å². The lowest BCUT2D eigenvalue weighted by Gasteiger charge is -2.31. The molecule has 7 nitrogen and oxygen atoms in total. The van der Waals surface area contributed by atoms with Crippen LogP contribution in [0, 0.1) is 6.92 Å². The van der Waals surface area contributed by atoms with E-state index in [0.717, 1.165) is 51.9 Å². The molecule has 3 aromatic carbocycles. The van der Waals surface area contributed by atoms with Gasteiger partial charge in [-0.2, -0.15) is 4.31 Å². The van der Waals surface area contributed by atoms with E-state index >= 15 is 0 Å². The van der Waals surface area contributed by atoms with E-state index in [2.05, 4.69) is 5.32 Å². The average molecular weight is 522 g/mol. The first-order valence-electron chi connectivity index (χ1n) is 12.8.